The van der Waals surface area contributed by atoms with Crippen LogP contribution in [0.4, 0.5) is 5.82 Å². The van der Waals surface area contributed by atoms with Crippen molar-refractivity contribution in [2.75, 3.05) is 52.4 Å². The third-order valence-corrected chi connectivity index (χ3v) is 4.93. The number of hydrogen-bond donors (Lipinski definition) is 1. The minimum absolute atomic E-state index is 0.152. The van der Waals surface area contributed by atoms with E-state index in [1.54, 1.807) is 20.4 Å². The van der Waals surface area contributed by atoms with Gasteiger partial charge in [0.15, 0.2) is 0 Å². The maximum atomic E-state index is 12.4. The fourth-order valence-electron chi connectivity index (χ4n) is 3.50. The molecule has 1 N–H and O–H groups in total. The average Bonchev–Trinajstić information content (AvgIpc) is 2.72. The molecule has 1 aliphatic rings. The molecule has 0 aliphatic carbocycles. The summed E-state index contributed by atoms with van der Waals surface area (Å²) in [5.41, 5.74) is 1.91. The Bertz CT molecular complexity index is 768. The van der Waals surface area contributed by atoms with Crippen LogP contribution >= 0.6 is 0 Å². The summed E-state index contributed by atoms with van der Waals surface area (Å²) >= 11 is 0. The minimum Gasteiger partial charge on any atom is -0.384 e. The minimum atomic E-state index is 0.152. The number of amides is 1. The lowest BCUT2D eigenvalue weighted by atomic mass is 9.93. The second kappa shape index (κ2) is 9.62. The van der Waals surface area contributed by atoms with Crippen LogP contribution in [0, 0.1) is 0 Å². The molecule has 3 rings (SSSR count). The lowest BCUT2D eigenvalue weighted by Crippen LogP contribution is -2.39. The Balaban J connectivity index is 1.81. The fraction of sp³-hybridized carbons (Fsp3) is 0.550. The van der Waals surface area contributed by atoms with Gasteiger partial charge in [0.2, 0.25) is 5.91 Å². The Morgan fingerprint density at radius 1 is 1.33 bits per heavy atom. The van der Waals surface area contributed by atoms with E-state index in [4.69, 9.17) is 14.5 Å². The summed E-state index contributed by atoms with van der Waals surface area (Å²) in [6, 6.07) is 6.00. The number of pyridine rings is 2. The molecule has 2 aromatic rings. The number of methoxy groups -OCH3 is 2. The highest BCUT2D eigenvalue weighted by atomic mass is 16.5. The third kappa shape index (κ3) is 4.93. The molecule has 1 saturated heterocycles. The van der Waals surface area contributed by atoms with E-state index in [2.05, 4.69) is 16.4 Å². The molecule has 1 unspecified atom stereocenters. The summed E-state index contributed by atoms with van der Waals surface area (Å²) < 4.78 is 10.2. The molecule has 1 aliphatic heterocycles. The van der Waals surface area contributed by atoms with Crippen molar-refractivity contribution in [1.82, 2.24) is 14.9 Å². The van der Waals surface area contributed by atoms with Gasteiger partial charge in [-0.3, -0.25) is 9.78 Å². The molecule has 7 heteroatoms. The van der Waals surface area contributed by atoms with Crippen molar-refractivity contribution in [3.8, 4) is 0 Å². The zero-order chi connectivity index (χ0) is 19.1. The number of nitrogens with zero attached hydrogens (tertiary/aromatic N) is 3. The number of nitrogens with one attached hydrogen (secondary N) is 1. The maximum Gasteiger partial charge on any atom is 0.224 e. The molecule has 3 heterocycles. The van der Waals surface area contributed by atoms with Gasteiger partial charge in [0, 0.05) is 57.0 Å². The number of carbonyl (C=O) groups is 1. The summed E-state index contributed by atoms with van der Waals surface area (Å²) in [6.07, 6.45) is 4.24. The number of carbonyl (C=O) groups excluding carboxylic acids is 1. The molecule has 0 bridgehead atoms. The zero-order valence-electron chi connectivity index (χ0n) is 16.1. The normalized spacial score (nSPS) is 17.3. The molecule has 1 atom stereocenters. The smallest absolute Gasteiger partial charge is 0.224 e. The Morgan fingerprint density at radius 2 is 2.19 bits per heavy atom. The van der Waals surface area contributed by atoms with Gasteiger partial charge in [-0.2, -0.15) is 0 Å². The Kier molecular flexibility index (Phi) is 6.95. The van der Waals surface area contributed by atoms with Crippen molar-refractivity contribution in [3.63, 3.8) is 0 Å². The van der Waals surface area contributed by atoms with Gasteiger partial charge in [-0.05, 0) is 31.0 Å². The predicted molar refractivity (Wildman–Crippen MR) is 105 cm³/mol. The Hall–Kier alpha value is -2.25. The molecule has 0 spiro atoms. The van der Waals surface area contributed by atoms with E-state index in [0.717, 1.165) is 41.8 Å². The summed E-state index contributed by atoms with van der Waals surface area (Å²) in [7, 11) is 3.30. The second-order valence-electron chi connectivity index (χ2n) is 6.81. The van der Waals surface area contributed by atoms with Crippen molar-refractivity contribution >= 4 is 22.6 Å². The summed E-state index contributed by atoms with van der Waals surface area (Å²) in [6.45, 7) is 3.27. The SMILES string of the molecule is COCCNc1nc(C2CCCN(C(=O)CCOC)C2)cc2ncccc12. The second-order valence-corrected chi connectivity index (χ2v) is 6.81. The molecule has 1 fully saturated rings. The number of piperidine rings is 1. The first-order valence-electron chi connectivity index (χ1n) is 9.48. The number of rotatable bonds is 8. The van der Waals surface area contributed by atoms with Gasteiger partial charge in [0.25, 0.3) is 0 Å². The van der Waals surface area contributed by atoms with E-state index in [1.165, 1.54) is 0 Å². The van der Waals surface area contributed by atoms with Gasteiger partial charge >= 0.3 is 0 Å². The molecule has 0 saturated carbocycles. The highest BCUT2D eigenvalue weighted by molar-refractivity contribution is 5.89. The average molecular weight is 372 g/mol. The number of anilines is 1. The summed E-state index contributed by atoms with van der Waals surface area (Å²) in [5.74, 6) is 1.20. The van der Waals surface area contributed by atoms with E-state index < -0.39 is 0 Å². The topological polar surface area (TPSA) is 76.6 Å². The molecular formula is C20H28N4O3. The monoisotopic (exact) mass is 372 g/mol. The highest BCUT2D eigenvalue weighted by Gasteiger charge is 2.26. The van der Waals surface area contributed by atoms with Gasteiger partial charge in [-0.1, -0.05) is 0 Å². The van der Waals surface area contributed by atoms with E-state index in [9.17, 15) is 4.79 Å². The van der Waals surface area contributed by atoms with E-state index >= 15 is 0 Å². The van der Waals surface area contributed by atoms with Gasteiger partial charge in [-0.25, -0.2) is 4.98 Å². The standard InChI is InChI=1S/C20H28N4O3/c1-26-11-7-19(25)24-10-4-5-15(14-24)17-13-18-16(6-3-8-21-18)20(23-17)22-9-12-27-2/h3,6,8,13,15H,4-5,7,9-12,14H2,1-2H3,(H,22,23). The van der Waals surface area contributed by atoms with Crippen molar-refractivity contribution in [3.05, 3.63) is 30.1 Å². The molecule has 146 valence electrons. The van der Waals surface area contributed by atoms with Crippen LogP contribution < -0.4 is 5.32 Å². The number of fused-ring (bicyclic) bond motifs is 1. The van der Waals surface area contributed by atoms with Crippen LogP contribution in [-0.4, -0.2) is 67.8 Å². The van der Waals surface area contributed by atoms with Crippen LogP contribution in [0.3, 0.4) is 0 Å². The summed E-state index contributed by atoms with van der Waals surface area (Å²) in [5, 5.41) is 4.36. The summed E-state index contributed by atoms with van der Waals surface area (Å²) in [4.78, 5) is 23.7. The predicted octanol–water partition coefficient (Wildman–Crippen LogP) is 2.43. The first-order chi connectivity index (χ1) is 13.2. The molecule has 2 aromatic heterocycles. The van der Waals surface area contributed by atoms with Crippen LogP contribution in [-0.2, 0) is 14.3 Å². The largest absolute Gasteiger partial charge is 0.384 e. The molecule has 0 radical (unpaired) electrons. The van der Waals surface area contributed by atoms with Gasteiger partial charge < -0.3 is 19.7 Å². The van der Waals surface area contributed by atoms with Crippen molar-refractivity contribution in [2.24, 2.45) is 0 Å². The number of aromatic nitrogens is 2. The van der Waals surface area contributed by atoms with E-state index in [0.29, 0.717) is 32.7 Å². The van der Waals surface area contributed by atoms with Crippen molar-refractivity contribution in [1.29, 1.82) is 0 Å². The third-order valence-electron chi connectivity index (χ3n) is 4.93. The number of ether oxygens (including phenoxy) is 2. The van der Waals surface area contributed by atoms with Gasteiger partial charge in [0.05, 0.1) is 25.2 Å². The molecular weight excluding hydrogens is 344 g/mol. The van der Waals surface area contributed by atoms with Crippen LogP contribution in [0.25, 0.3) is 10.9 Å². The van der Waals surface area contributed by atoms with Gasteiger partial charge in [0.1, 0.15) is 5.82 Å². The molecule has 1 amide bonds. The van der Waals surface area contributed by atoms with Crippen LogP contribution in [0.1, 0.15) is 30.9 Å². The number of hydrogen-bond acceptors (Lipinski definition) is 6. The van der Waals surface area contributed by atoms with Crippen LogP contribution in [0.5, 0.6) is 0 Å². The maximum absolute atomic E-state index is 12.4. The molecule has 7 nitrogen and oxygen atoms in total. The first-order valence-corrected chi connectivity index (χ1v) is 9.48. The molecule has 27 heavy (non-hydrogen) atoms. The lowest BCUT2D eigenvalue weighted by Gasteiger charge is -2.33. The number of likely N-dealkylation sites (tertiary alicyclic amines) is 1. The molecule has 0 aromatic carbocycles. The van der Waals surface area contributed by atoms with E-state index in [-0.39, 0.29) is 11.8 Å². The lowest BCUT2D eigenvalue weighted by molar-refractivity contribution is -0.133. The van der Waals surface area contributed by atoms with E-state index in [1.807, 2.05) is 17.0 Å². The fourth-order valence-corrected chi connectivity index (χ4v) is 3.50. The van der Waals surface area contributed by atoms with Gasteiger partial charge in [-0.15, -0.1) is 0 Å². The van der Waals surface area contributed by atoms with Crippen LogP contribution in [0.2, 0.25) is 0 Å². The zero-order valence-corrected chi connectivity index (χ0v) is 16.1. The highest BCUT2D eigenvalue weighted by Crippen LogP contribution is 2.30. The van der Waals surface area contributed by atoms with Crippen molar-refractivity contribution < 1.29 is 14.3 Å². The van der Waals surface area contributed by atoms with Crippen molar-refractivity contribution in [2.45, 2.75) is 25.2 Å². The quantitative estimate of drug-likeness (QED) is 0.717. The first kappa shape index (κ1) is 19.5. The Labute approximate surface area is 160 Å². The Morgan fingerprint density at radius 3 is 3.00 bits per heavy atom. The van der Waals surface area contributed by atoms with Crippen LogP contribution in [0.15, 0.2) is 24.4 Å².